The molecule has 0 radical (unpaired) electrons. The molecule has 1 atom stereocenters. The van der Waals surface area contributed by atoms with E-state index in [0.29, 0.717) is 31.5 Å². The number of tetrazole rings is 1. The summed E-state index contributed by atoms with van der Waals surface area (Å²) in [6, 6.07) is 5.80. The number of nitrogens with two attached hydrogens (primary N) is 1. The monoisotopic (exact) mass is 307 g/mol. The van der Waals surface area contributed by atoms with Crippen LogP contribution in [0.1, 0.15) is 36.7 Å². The number of hydrogen-bond donors (Lipinski definition) is 3. The highest BCUT2D eigenvalue weighted by Gasteiger charge is 2.15. The largest absolute Gasteiger partial charge is 0.451 e. The molecule has 0 bridgehead atoms. The Morgan fingerprint density at radius 2 is 1.95 bits per heavy atom. The van der Waals surface area contributed by atoms with E-state index in [4.69, 9.17) is 15.8 Å². The number of unbranched alkanes of at least 4 members (excludes halogenated alkanes) is 1. The molecule has 7 nitrogen and oxygen atoms in total. The van der Waals surface area contributed by atoms with E-state index >= 15 is 0 Å². The Morgan fingerprint density at radius 3 is 2.64 bits per heavy atom. The van der Waals surface area contributed by atoms with Crippen molar-refractivity contribution in [1.29, 1.82) is 0 Å². The van der Waals surface area contributed by atoms with Gasteiger partial charge in [-0.1, -0.05) is 25.0 Å². The lowest BCUT2D eigenvalue weighted by Gasteiger charge is -2.11. The highest BCUT2D eigenvalue weighted by molar-refractivity contribution is 6.40. The summed E-state index contributed by atoms with van der Waals surface area (Å²) in [6.07, 6.45) is 2.40. The number of benzene rings is 1. The van der Waals surface area contributed by atoms with Gasteiger partial charge in [-0.05, 0) is 40.9 Å². The summed E-state index contributed by atoms with van der Waals surface area (Å²) in [5.74, 6) is 0.275. The van der Waals surface area contributed by atoms with E-state index in [1.807, 2.05) is 0 Å². The summed E-state index contributed by atoms with van der Waals surface area (Å²) < 4.78 is 14.5. The van der Waals surface area contributed by atoms with Crippen LogP contribution in [0, 0.1) is 5.82 Å². The number of rotatable bonds is 8. The minimum absolute atomic E-state index is 0.288. The Bertz CT molecular complexity index is 578. The smallest absolute Gasteiger partial charge is 0.427 e. The van der Waals surface area contributed by atoms with Gasteiger partial charge < -0.3 is 15.8 Å². The van der Waals surface area contributed by atoms with Gasteiger partial charge in [0.25, 0.3) is 0 Å². The molecule has 1 aromatic heterocycles. The maximum atomic E-state index is 12.9. The first-order chi connectivity index (χ1) is 10.6. The quantitative estimate of drug-likeness (QED) is 0.484. The van der Waals surface area contributed by atoms with Crippen molar-refractivity contribution in [1.82, 2.24) is 20.2 Å². The fraction of sp³-hybridized carbons (Fsp3) is 0.462. The molecule has 1 unspecified atom stereocenters. The summed E-state index contributed by atoms with van der Waals surface area (Å²) >= 11 is 0. The molecule has 0 fully saturated rings. The second-order valence-electron chi connectivity index (χ2n) is 5.19. The van der Waals surface area contributed by atoms with Crippen LogP contribution in [-0.4, -0.2) is 37.4 Å². The van der Waals surface area contributed by atoms with E-state index in [0.717, 1.165) is 12.0 Å². The molecular weight excluding hydrogens is 288 g/mol. The molecule has 9 heteroatoms. The first-order valence-electron chi connectivity index (χ1n) is 7.18. The van der Waals surface area contributed by atoms with Crippen LogP contribution in [0.4, 0.5) is 4.39 Å². The molecule has 1 aromatic carbocycles. The van der Waals surface area contributed by atoms with Crippen molar-refractivity contribution in [2.24, 2.45) is 5.73 Å². The van der Waals surface area contributed by atoms with E-state index in [9.17, 15) is 4.39 Å². The van der Waals surface area contributed by atoms with Crippen molar-refractivity contribution in [3.05, 3.63) is 41.5 Å². The first kappa shape index (κ1) is 16.5. The molecule has 22 heavy (non-hydrogen) atoms. The molecule has 0 saturated heterocycles. The van der Waals surface area contributed by atoms with Crippen LogP contribution >= 0.6 is 0 Å². The lowest BCUT2D eigenvalue weighted by molar-refractivity contribution is 0.400. The molecule has 0 aliphatic carbocycles. The fourth-order valence-corrected chi connectivity index (χ4v) is 2.17. The zero-order valence-corrected chi connectivity index (χ0v) is 12.1. The highest BCUT2D eigenvalue weighted by Crippen LogP contribution is 2.16. The van der Waals surface area contributed by atoms with Crippen LogP contribution < -0.4 is 5.73 Å². The number of nitrogens with zero attached hydrogens (tertiary/aromatic N) is 4. The Balaban J connectivity index is 1.92. The van der Waals surface area contributed by atoms with Gasteiger partial charge in [-0.3, -0.25) is 0 Å². The third-order valence-corrected chi connectivity index (χ3v) is 3.36. The summed E-state index contributed by atoms with van der Waals surface area (Å²) in [5, 5.41) is 29.1. The van der Waals surface area contributed by atoms with Crippen LogP contribution in [0.3, 0.4) is 0 Å². The number of hydrogen-bond acceptors (Lipinski definition) is 6. The van der Waals surface area contributed by atoms with Crippen molar-refractivity contribution in [2.45, 2.75) is 38.2 Å². The van der Waals surface area contributed by atoms with E-state index in [1.54, 1.807) is 16.8 Å². The molecule has 2 aromatic rings. The molecule has 0 saturated carbocycles. The van der Waals surface area contributed by atoms with Gasteiger partial charge in [-0.2, -0.15) is 0 Å². The van der Waals surface area contributed by atoms with Gasteiger partial charge in [-0.25, -0.2) is 9.07 Å². The van der Waals surface area contributed by atoms with Crippen LogP contribution in [0.25, 0.3) is 0 Å². The lowest BCUT2D eigenvalue weighted by atomic mass is 9.83. The Morgan fingerprint density at radius 1 is 1.23 bits per heavy atom. The molecule has 118 valence electrons. The fourth-order valence-electron chi connectivity index (χ4n) is 2.17. The van der Waals surface area contributed by atoms with Crippen LogP contribution in [0.5, 0.6) is 0 Å². The third-order valence-electron chi connectivity index (χ3n) is 3.36. The average molecular weight is 307 g/mol. The first-order valence-corrected chi connectivity index (χ1v) is 7.18. The molecular formula is C13H19BFN5O2. The van der Waals surface area contributed by atoms with Gasteiger partial charge in [0.05, 0.1) is 12.6 Å². The van der Waals surface area contributed by atoms with Crippen LogP contribution in [0.15, 0.2) is 24.3 Å². The van der Waals surface area contributed by atoms with Crippen molar-refractivity contribution in [3.8, 4) is 0 Å². The molecule has 0 amide bonds. The van der Waals surface area contributed by atoms with E-state index in [-0.39, 0.29) is 11.9 Å². The van der Waals surface area contributed by atoms with Gasteiger partial charge in [0.15, 0.2) is 5.82 Å². The second-order valence-corrected chi connectivity index (χ2v) is 5.19. The zero-order chi connectivity index (χ0) is 15.9. The molecule has 0 spiro atoms. The molecule has 0 aliphatic rings. The molecule has 2 rings (SSSR count). The zero-order valence-electron chi connectivity index (χ0n) is 12.1. The SMILES string of the molecule is NC(CCCCB(O)O)c1nnnn1Cc1ccc(F)cc1. The van der Waals surface area contributed by atoms with Gasteiger partial charge in [-0.15, -0.1) is 5.10 Å². The van der Waals surface area contributed by atoms with Gasteiger partial charge >= 0.3 is 7.12 Å². The van der Waals surface area contributed by atoms with Crippen LogP contribution in [-0.2, 0) is 6.54 Å². The van der Waals surface area contributed by atoms with Crippen molar-refractivity contribution >= 4 is 7.12 Å². The van der Waals surface area contributed by atoms with Crippen molar-refractivity contribution < 1.29 is 14.4 Å². The number of halogens is 1. The second kappa shape index (κ2) is 7.97. The van der Waals surface area contributed by atoms with Crippen molar-refractivity contribution in [3.63, 3.8) is 0 Å². The predicted molar refractivity (Wildman–Crippen MR) is 79.1 cm³/mol. The van der Waals surface area contributed by atoms with Crippen LogP contribution in [0.2, 0.25) is 6.32 Å². The maximum Gasteiger partial charge on any atom is 0.451 e. The number of aromatic nitrogens is 4. The third kappa shape index (κ3) is 4.87. The normalized spacial score (nSPS) is 12.4. The Kier molecular flexibility index (Phi) is 5.99. The molecule has 0 aliphatic heterocycles. The highest BCUT2D eigenvalue weighted by atomic mass is 19.1. The summed E-state index contributed by atoms with van der Waals surface area (Å²) in [7, 11) is -1.28. The van der Waals surface area contributed by atoms with Crippen molar-refractivity contribution in [2.75, 3.05) is 0 Å². The lowest BCUT2D eigenvalue weighted by Crippen LogP contribution is -2.18. The summed E-state index contributed by atoms with van der Waals surface area (Å²) in [5.41, 5.74) is 6.97. The minimum atomic E-state index is -1.28. The minimum Gasteiger partial charge on any atom is -0.427 e. The predicted octanol–water partition coefficient (Wildman–Crippen LogP) is 0.503. The summed E-state index contributed by atoms with van der Waals surface area (Å²) in [6.45, 7) is 0.422. The average Bonchev–Trinajstić information content (AvgIpc) is 2.94. The Hall–Kier alpha value is -1.84. The summed E-state index contributed by atoms with van der Waals surface area (Å²) in [4.78, 5) is 0. The van der Waals surface area contributed by atoms with E-state index < -0.39 is 7.12 Å². The standard InChI is InChI=1S/C13H19BFN5O2/c15-11-6-4-10(5-7-11)9-20-13(17-18-19-20)12(16)3-1-2-8-14(21)22/h4-7,12,21-22H,1-3,8-9,16H2. The Labute approximate surface area is 128 Å². The van der Waals surface area contributed by atoms with E-state index in [2.05, 4.69) is 15.5 Å². The van der Waals surface area contributed by atoms with E-state index in [1.165, 1.54) is 12.1 Å². The maximum absolute atomic E-state index is 12.9. The van der Waals surface area contributed by atoms with Gasteiger partial charge in [0.1, 0.15) is 5.82 Å². The molecule has 4 N–H and O–H groups in total. The van der Waals surface area contributed by atoms with Gasteiger partial charge in [0, 0.05) is 0 Å². The topological polar surface area (TPSA) is 110 Å². The molecule has 1 heterocycles. The van der Waals surface area contributed by atoms with Gasteiger partial charge in [0.2, 0.25) is 0 Å².